The number of nitrogens with zero attached hydrogens (tertiary/aromatic N) is 1. The molecule has 0 atom stereocenters. The molecule has 0 fully saturated rings. The van der Waals surface area contributed by atoms with Gasteiger partial charge in [0.15, 0.2) is 5.88 Å². The van der Waals surface area contributed by atoms with Crippen LogP contribution in [0.25, 0.3) is 10.9 Å². The minimum Gasteiger partial charge on any atom is -0.494 e. The molecule has 0 radical (unpaired) electrons. The molecule has 2 N–H and O–H groups in total. The fraction of sp³-hybridized carbons (Fsp3) is 0. The number of hydrogen-bond donors (Lipinski definition) is 2. The Labute approximate surface area is 119 Å². The Morgan fingerprint density at radius 2 is 1.90 bits per heavy atom. The molecule has 3 aromatic rings. The van der Waals surface area contributed by atoms with Crippen LogP contribution in [0.15, 0.2) is 47.5 Å². The van der Waals surface area contributed by atoms with Crippen molar-refractivity contribution in [3.63, 3.8) is 0 Å². The molecule has 1 aromatic heterocycles. The number of halogens is 2. The fourth-order valence-electron chi connectivity index (χ4n) is 1.97. The molecule has 20 heavy (non-hydrogen) atoms. The molecule has 0 saturated carbocycles. The van der Waals surface area contributed by atoms with E-state index in [4.69, 9.17) is 11.6 Å². The van der Waals surface area contributed by atoms with E-state index in [2.05, 4.69) is 9.98 Å². The van der Waals surface area contributed by atoms with E-state index in [1.165, 1.54) is 18.3 Å². The number of fused-ring (bicyclic) bond motifs is 1. The van der Waals surface area contributed by atoms with Gasteiger partial charge in [0.1, 0.15) is 5.82 Å². The molecule has 0 bridgehead atoms. The highest BCUT2D eigenvalue weighted by Gasteiger charge is 2.09. The lowest BCUT2D eigenvalue weighted by molar-refractivity contribution is 0.457. The van der Waals surface area contributed by atoms with Gasteiger partial charge in [-0.2, -0.15) is 0 Å². The minimum atomic E-state index is -0.314. The zero-order valence-corrected chi connectivity index (χ0v) is 11.0. The lowest BCUT2D eigenvalue weighted by Crippen LogP contribution is -1.79. The van der Waals surface area contributed by atoms with Gasteiger partial charge in [-0.05, 0) is 42.5 Å². The van der Waals surface area contributed by atoms with E-state index in [0.717, 1.165) is 10.9 Å². The van der Waals surface area contributed by atoms with E-state index >= 15 is 0 Å². The van der Waals surface area contributed by atoms with Crippen LogP contribution in [0.5, 0.6) is 5.88 Å². The first-order chi connectivity index (χ1) is 9.63. The largest absolute Gasteiger partial charge is 0.494 e. The average Bonchev–Trinajstić information content (AvgIpc) is 2.73. The summed E-state index contributed by atoms with van der Waals surface area (Å²) in [6.07, 6.45) is 1.53. The Kier molecular flexibility index (Phi) is 3.16. The van der Waals surface area contributed by atoms with Crippen molar-refractivity contribution >= 4 is 34.4 Å². The number of aromatic amines is 1. The summed E-state index contributed by atoms with van der Waals surface area (Å²) in [4.78, 5) is 7.06. The van der Waals surface area contributed by atoms with Gasteiger partial charge in [-0.1, -0.05) is 11.6 Å². The zero-order chi connectivity index (χ0) is 14.1. The van der Waals surface area contributed by atoms with Gasteiger partial charge in [-0.15, -0.1) is 0 Å². The second-order valence-corrected chi connectivity index (χ2v) is 4.75. The first-order valence-corrected chi connectivity index (χ1v) is 6.31. The molecule has 0 amide bonds. The maximum atomic E-state index is 12.8. The standard InChI is InChI=1S/C15H10ClFN2O/c16-9-1-6-14-12(7-9)13(15(20)19-14)8-18-11-4-2-10(17)3-5-11/h1-8,19-20H. The van der Waals surface area contributed by atoms with E-state index in [9.17, 15) is 9.50 Å². The third kappa shape index (κ3) is 2.38. The third-order valence-electron chi connectivity index (χ3n) is 2.95. The molecule has 100 valence electrons. The van der Waals surface area contributed by atoms with E-state index in [1.54, 1.807) is 30.3 Å². The van der Waals surface area contributed by atoms with Crippen molar-refractivity contribution in [2.75, 3.05) is 0 Å². The van der Waals surface area contributed by atoms with Crippen molar-refractivity contribution < 1.29 is 9.50 Å². The summed E-state index contributed by atoms with van der Waals surface area (Å²) in [6, 6.07) is 11.1. The molecule has 3 rings (SSSR count). The molecule has 0 spiro atoms. The molecule has 1 heterocycles. The van der Waals surface area contributed by atoms with Gasteiger partial charge < -0.3 is 10.1 Å². The van der Waals surface area contributed by atoms with E-state index in [1.807, 2.05) is 0 Å². The lowest BCUT2D eigenvalue weighted by Gasteiger charge is -1.95. The maximum Gasteiger partial charge on any atom is 0.198 e. The van der Waals surface area contributed by atoms with E-state index < -0.39 is 0 Å². The summed E-state index contributed by atoms with van der Waals surface area (Å²) in [7, 11) is 0. The van der Waals surface area contributed by atoms with E-state index in [-0.39, 0.29) is 11.7 Å². The molecule has 5 heteroatoms. The van der Waals surface area contributed by atoms with Crippen LogP contribution in [0.4, 0.5) is 10.1 Å². The predicted molar refractivity (Wildman–Crippen MR) is 78.6 cm³/mol. The average molecular weight is 289 g/mol. The number of aromatic nitrogens is 1. The zero-order valence-electron chi connectivity index (χ0n) is 10.3. The Morgan fingerprint density at radius 1 is 1.15 bits per heavy atom. The van der Waals surface area contributed by atoms with Crippen LogP contribution in [0, 0.1) is 5.82 Å². The van der Waals surface area contributed by atoms with Crippen LogP contribution in [-0.4, -0.2) is 16.3 Å². The summed E-state index contributed by atoms with van der Waals surface area (Å²) in [6.45, 7) is 0. The van der Waals surface area contributed by atoms with Crippen LogP contribution in [0.1, 0.15) is 5.56 Å². The number of H-pyrrole nitrogens is 1. The Bertz CT molecular complexity index is 793. The number of rotatable bonds is 2. The second-order valence-electron chi connectivity index (χ2n) is 4.31. The highest BCUT2D eigenvalue weighted by molar-refractivity contribution is 6.31. The number of nitrogens with one attached hydrogen (secondary N) is 1. The summed E-state index contributed by atoms with van der Waals surface area (Å²) < 4.78 is 12.8. The smallest absolute Gasteiger partial charge is 0.198 e. The number of aliphatic imine (C=N–C) groups is 1. The van der Waals surface area contributed by atoms with Gasteiger partial charge in [0.25, 0.3) is 0 Å². The van der Waals surface area contributed by atoms with Gasteiger partial charge >= 0.3 is 0 Å². The minimum absolute atomic E-state index is 0.0214. The summed E-state index contributed by atoms with van der Waals surface area (Å²) >= 11 is 5.95. The third-order valence-corrected chi connectivity index (χ3v) is 3.18. The highest BCUT2D eigenvalue weighted by Crippen LogP contribution is 2.28. The van der Waals surface area contributed by atoms with Gasteiger partial charge in [0.05, 0.1) is 11.3 Å². The Hall–Kier alpha value is -2.33. The molecule has 2 aromatic carbocycles. The molecule has 3 nitrogen and oxygen atoms in total. The lowest BCUT2D eigenvalue weighted by atomic mass is 10.2. The topological polar surface area (TPSA) is 48.4 Å². The molecular weight excluding hydrogens is 279 g/mol. The van der Waals surface area contributed by atoms with Crippen LogP contribution >= 0.6 is 11.6 Å². The van der Waals surface area contributed by atoms with Crippen LogP contribution in [0.3, 0.4) is 0 Å². The highest BCUT2D eigenvalue weighted by atomic mass is 35.5. The van der Waals surface area contributed by atoms with Crippen molar-refractivity contribution in [2.45, 2.75) is 0 Å². The molecule has 0 aliphatic carbocycles. The van der Waals surface area contributed by atoms with Crippen LogP contribution in [0.2, 0.25) is 5.02 Å². The van der Waals surface area contributed by atoms with Crippen molar-refractivity contribution in [1.29, 1.82) is 0 Å². The van der Waals surface area contributed by atoms with Crippen LogP contribution in [-0.2, 0) is 0 Å². The normalized spacial score (nSPS) is 11.5. The molecular formula is C15H10ClFN2O. The molecule has 0 saturated heterocycles. The Balaban J connectivity index is 2.03. The molecule has 0 unspecified atom stereocenters. The first kappa shape index (κ1) is 12.7. The predicted octanol–water partition coefficient (Wildman–Crippen LogP) is 4.42. The molecule has 0 aliphatic heterocycles. The van der Waals surface area contributed by atoms with Crippen molar-refractivity contribution in [1.82, 2.24) is 4.98 Å². The maximum absolute atomic E-state index is 12.8. The van der Waals surface area contributed by atoms with Crippen molar-refractivity contribution in [3.8, 4) is 5.88 Å². The SMILES string of the molecule is Oc1[nH]c2ccc(Cl)cc2c1C=Nc1ccc(F)cc1. The van der Waals surface area contributed by atoms with Crippen molar-refractivity contribution in [3.05, 3.63) is 58.9 Å². The number of benzene rings is 2. The molecule has 0 aliphatic rings. The number of hydrogen-bond acceptors (Lipinski definition) is 2. The van der Waals surface area contributed by atoms with Gasteiger partial charge in [0.2, 0.25) is 0 Å². The summed E-state index contributed by atoms with van der Waals surface area (Å²) in [5, 5.41) is 11.3. The second kappa shape index (κ2) is 4.98. The van der Waals surface area contributed by atoms with E-state index in [0.29, 0.717) is 16.3 Å². The van der Waals surface area contributed by atoms with Gasteiger partial charge in [0, 0.05) is 22.1 Å². The van der Waals surface area contributed by atoms with Gasteiger partial charge in [-0.3, -0.25) is 4.99 Å². The summed E-state index contributed by atoms with van der Waals surface area (Å²) in [5.74, 6) is -0.293. The number of aromatic hydroxyl groups is 1. The quantitative estimate of drug-likeness (QED) is 0.674. The first-order valence-electron chi connectivity index (χ1n) is 5.93. The fourth-order valence-corrected chi connectivity index (χ4v) is 2.14. The monoisotopic (exact) mass is 288 g/mol. The van der Waals surface area contributed by atoms with Crippen molar-refractivity contribution in [2.24, 2.45) is 4.99 Å². The van der Waals surface area contributed by atoms with Crippen LogP contribution < -0.4 is 0 Å². The van der Waals surface area contributed by atoms with Gasteiger partial charge in [-0.25, -0.2) is 4.39 Å². The Morgan fingerprint density at radius 3 is 2.65 bits per heavy atom. The summed E-state index contributed by atoms with van der Waals surface area (Å²) in [5.41, 5.74) is 1.92.